The molecule has 0 aliphatic carbocycles. The van der Waals surface area contributed by atoms with Crippen LogP contribution < -0.4 is 15.8 Å². The van der Waals surface area contributed by atoms with E-state index in [4.69, 9.17) is 11.6 Å². The zero-order chi connectivity index (χ0) is 25.9. The molecule has 1 amide bonds. The molecular formula is C26H28ClN7O2S. The molecule has 1 N–H and O–H groups in total. The van der Waals surface area contributed by atoms with Crippen molar-refractivity contribution in [3.8, 4) is 11.4 Å². The van der Waals surface area contributed by atoms with Gasteiger partial charge in [-0.05, 0) is 63.3 Å². The third-order valence-electron chi connectivity index (χ3n) is 6.61. The first-order chi connectivity index (χ1) is 17.9. The number of halogens is 1. The van der Waals surface area contributed by atoms with Crippen LogP contribution in [0.3, 0.4) is 0 Å². The first-order valence-electron chi connectivity index (χ1n) is 12.1. The molecule has 11 heteroatoms. The van der Waals surface area contributed by atoms with Gasteiger partial charge in [-0.2, -0.15) is 0 Å². The zero-order valence-electron chi connectivity index (χ0n) is 20.7. The number of piperidine rings is 1. The highest BCUT2D eigenvalue weighted by atomic mass is 35.5. The third kappa shape index (κ3) is 5.61. The van der Waals surface area contributed by atoms with E-state index in [0.29, 0.717) is 20.9 Å². The molecule has 0 atom stereocenters. The lowest BCUT2D eigenvalue weighted by Gasteiger charge is -2.37. The van der Waals surface area contributed by atoms with Crippen molar-refractivity contribution in [2.45, 2.75) is 25.4 Å². The highest BCUT2D eigenvalue weighted by Crippen LogP contribution is 2.30. The average molecular weight is 538 g/mol. The van der Waals surface area contributed by atoms with E-state index >= 15 is 0 Å². The van der Waals surface area contributed by atoms with Gasteiger partial charge in [0.2, 0.25) is 0 Å². The first-order valence-corrected chi connectivity index (χ1v) is 13.3. The molecule has 3 aromatic heterocycles. The largest absolute Gasteiger partial charge is 0.370 e. The number of benzene rings is 1. The molecule has 0 saturated carbocycles. The Labute approximate surface area is 223 Å². The van der Waals surface area contributed by atoms with Crippen molar-refractivity contribution in [3.63, 3.8) is 0 Å². The number of pyridine rings is 1. The Morgan fingerprint density at radius 1 is 1.14 bits per heavy atom. The summed E-state index contributed by atoms with van der Waals surface area (Å²) >= 11 is 7.17. The van der Waals surface area contributed by atoms with Gasteiger partial charge in [0, 0.05) is 31.4 Å². The van der Waals surface area contributed by atoms with Crippen LogP contribution >= 0.6 is 22.9 Å². The van der Waals surface area contributed by atoms with Gasteiger partial charge in [0.1, 0.15) is 5.69 Å². The molecule has 1 aliphatic rings. The minimum Gasteiger partial charge on any atom is -0.370 e. The van der Waals surface area contributed by atoms with Gasteiger partial charge in [-0.3, -0.25) is 14.2 Å². The number of carbonyl (C=O) groups is 1. The van der Waals surface area contributed by atoms with E-state index in [1.807, 2.05) is 30.5 Å². The predicted octanol–water partition coefficient (Wildman–Crippen LogP) is 3.59. The summed E-state index contributed by atoms with van der Waals surface area (Å²) in [6.45, 7) is 2.03. The van der Waals surface area contributed by atoms with Crippen LogP contribution in [0.15, 0.2) is 65.7 Å². The summed E-state index contributed by atoms with van der Waals surface area (Å²) in [6, 6.07) is 15.0. The molecule has 1 aromatic carbocycles. The van der Waals surface area contributed by atoms with Crippen LogP contribution in [0, 0.1) is 0 Å². The van der Waals surface area contributed by atoms with E-state index < -0.39 is 0 Å². The van der Waals surface area contributed by atoms with Gasteiger partial charge in [-0.15, -0.1) is 16.4 Å². The van der Waals surface area contributed by atoms with Gasteiger partial charge in [0.25, 0.3) is 11.5 Å². The molecule has 5 rings (SSSR count). The lowest BCUT2D eigenvalue weighted by Crippen LogP contribution is -2.42. The van der Waals surface area contributed by atoms with Crippen LogP contribution in [0.5, 0.6) is 0 Å². The summed E-state index contributed by atoms with van der Waals surface area (Å²) in [7, 11) is 4.24. The van der Waals surface area contributed by atoms with Crippen molar-refractivity contribution >= 4 is 34.5 Å². The maximum atomic E-state index is 12.5. The van der Waals surface area contributed by atoms with Crippen LogP contribution in [0.2, 0.25) is 4.34 Å². The molecule has 0 unspecified atom stereocenters. The molecule has 4 aromatic rings. The van der Waals surface area contributed by atoms with Crippen LogP contribution in [0.4, 0.5) is 5.69 Å². The smallest absolute Gasteiger partial charge is 0.261 e. The Balaban J connectivity index is 1.42. The number of thiophene rings is 1. The Morgan fingerprint density at radius 2 is 1.95 bits per heavy atom. The van der Waals surface area contributed by atoms with E-state index in [1.54, 1.807) is 39.7 Å². The van der Waals surface area contributed by atoms with E-state index in [0.717, 1.165) is 43.0 Å². The van der Waals surface area contributed by atoms with Crippen LogP contribution in [0.25, 0.3) is 11.4 Å². The summed E-state index contributed by atoms with van der Waals surface area (Å²) in [5.74, 6) is -0.200. The normalized spacial score (nSPS) is 14.3. The molecule has 4 heterocycles. The number of rotatable bonds is 7. The lowest BCUT2D eigenvalue weighted by atomic mass is 10.0. The standard InChI is InChI=1S/C26H28ClN7O2S/c1-31(2)19-10-13-32(14-11-19)22-15-20(33-12-4-3-5-25(33)35)6-7-21(22)34-17-18(29-30-34)16-28-26(36)23-8-9-24(27)37-23/h3-9,12,15,17,19H,10-11,13-14,16H2,1-2H3,(H,28,36). The fourth-order valence-corrected chi connectivity index (χ4v) is 5.52. The minimum absolute atomic E-state index is 0.0849. The maximum Gasteiger partial charge on any atom is 0.261 e. The quantitative estimate of drug-likeness (QED) is 0.387. The summed E-state index contributed by atoms with van der Waals surface area (Å²) in [5, 5.41) is 11.5. The Hall–Kier alpha value is -3.47. The SMILES string of the molecule is CN(C)C1CCN(c2cc(-n3ccccc3=O)ccc2-n2cc(CNC(=O)c3ccc(Cl)s3)nn2)CC1. The molecule has 9 nitrogen and oxygen atoms in total. The monoisotopic (exact) mass is 537 g/mol. The fourth-order valence-electron chi connectivity index (χ4n) is 4.56. The van der Waals surface area contributed by atoms with Crippen LogP contribution in [0.1, 0.15) is 28.2 Å². The number of hydrogen-bond donors (Lipinski definition) is 1. The van der Waals surface area contributed by atoms with Gasteiger partial charge in [-0.1, -0.05) is 22.9 Å². The summed E-state index contributed by atoms with van der Waals surface area (Å²) in [4.78, 5) is 30.1. The van der Waals surface area contributed by atoms with E-state index in [9.17, 15) is 9.59 Å². The van der Waals surface area contributed by atoms with Crippen molar-refractivity contribution in [1.82, 2.24) is 29.8 Å². The molecule has 0 spiro atoms. The number of carbonyl (C=O) groups excluding carboxylic acids is 1. The second-order valence-corrected chi connectivity index (χ2v) is 10.9. The second kappa shape index (κ2) is 10.9. The highest BCUT2D eigenvalue weighted by molar-refractivity contribution is 7.17. The summed E-state index contributed by atoms with van der Waals surface area (Å²) in [5.41, 5.74) is 3.20. The molecule has 1 saturated heterocycles. The van der Waals surface area contributed by atoms with Gasteiger partial charge in [-0.25, -0.2) is 4.68 Å². The average Bonchev–Trinajstić information content (AvgIpc) is 3.56. The first kappa shape index (κ1) is 25.2. The Bertz CT molecular complexity index is 1450. The topological polar surface area (TPSA) is 88.3 Å². The molecule has 1 fully saturated rings. The van der Waals surface area contributed by atoms with E-state index in [2.05, 4.69) is 39.5 Å². The number of amides is 1. The molecular weight excluding hydrogens is 510 g/mol. The molecule has 1 aliphatic heterocycles. The van der Waals surface area contributed by atoms with Crippen molar-refractivity contribution in [2.75, 3.05) is 32.1 Å². The van der Waals surface area contributed by atoms with E-state index in [-0.39, 0.29) is 18.0 Å². The Kier molecular flexibility index (Phi) is 7.40. The second-order valence-electron chi connectivity index (χ2n) is 9.20. The van der Waals surface area contributed by atoms with Crippen LogP contribution in [-0.4, -0.2) is 63.6 Å². The van der Waals surface area contributed by atoms with Crippen molar-refractivity contribution in [1.29, 1.82) is 0 Å². The van der Waals surface area contributed by atoms with Crippen molar-refractivity contribution in [3.05, 3.63) is 86.2 Å². The minimum atomic E-state index is -0.200. The zero-order valence-corrected chi connectivity index (χ0v) is 22.2. The maximum absolute atomic E-state index is 12.5. The van der Waals surface area contributed by atoms with Gasteiger partial charge in [0.15, 0.2) is 0 Å². The summed E-state index contributed by atoms with van der Waals surface area (Å²) in [6.07, 6.45) is 5.69. The number of nitrogens with zero attached hydrogens (tertiary/aromatic N) is 6. The number of nitrogens with one attached hydrogen (secondary N) is 1. The molecule has 0 radical (unpaired) electrons. The molecule has 192 valence electrons. The van der Waals surface area contributed by atoms with E-state index in [1.165, 1.54) is 11.3 Å². The number of anilines is 1. The molecule has 0 bridgehead atoms. The third-order valence-corrected chi connectivity index (χ3v) is 7.84. The van der Waals surface area contributed by atoms with Crippen LogP contribution in [-0.2, 0) is 6.54 Å². The number of aromatic nitrogens is 4. The highest BCUT2D eigenvalue weighted by Gasteiger charge is 2.24. The predicted molar refractivity (Wildman–Crippen MR) is 146 cm³/mol. The lowest BCUT2D eigenvalue weighted by molar-refractivity contribution is 0.0954. The van der Waals surface area contributed by atoms with Gasteiger partial charge in [0.05, 0.1) is 39.0 Å². The fraction of sp³-hybridized carbons (Fsp3) is 0.308. The number of hydrogen-bond acceptors (Lipinski definition) is 7. The van der Waals surface area contributed by atoms with Gasteiger partial charge < -0.3 is 15.1 Å². The molecule has 37 heavy (non-hydrogen) atoms. The Morgan fingerprint density at radius 3 is 2.65 bits per heavy atom. The van der Waals surface area contributed by atoms with Crippen molar-refractivity contribution < 1.29 is 4.79 Å². The van der Waals surface area contributed by atoms with Crippen molar-refractivity contribution in [2.24, 2.45) is 0 Å². The van der Waals surface area contributed by atoms with Gasteiger partial charge >= 0.3 is 0 Å². The summed E-state index contributed by atoms with van der Waals surface area (Å²) < 4.78 is 3.94.